The quantitative estimate of drug-likeness (QED) is 0.683. The number of nitrogens with one attached hydrogen (secondary N) is 2. The summed E-state index contributed by atoms with van der Waals surface area (Å²) in [5, 5.41) is 9.02. The minimum Gasteiger partial charge on any atom is -0.361 e. The fourth-order valence-corrected chi connectivity index (χ4v) is 2.80. The number of benzene rings is 1. The smallest absolute Gasteiger partial charge is 0.0534 e. The van der Waals surface area contributed by atoms with Crippen LogP contribution in [0, 0.1) is 0 Å². The van der Waals surface area contributed by atoms with Gasteiger partial charge in [-0.2, -0.15) is 5.10 Å². The molecule has 110 valence electrons. The zero-order valence-corrected chi connectivity index (χ0v) is 12.7. The zero-order valence-electron chi connectivity index (χ0n) is 12.7. The molecule has 2 heterocycles. The van der Waals surface area contributed by atoms with Crippen LogP contribution >= 0.6 is 0 Å². The lowest BCUT2D eigenvalue weighted by molar-refractivity contribution is 0.687. The molecule has 0 spiro atoms. The van der Waals surface area contributed by atoms with Crippen molar-refractivity contribution in [3.8, 4) is 0 Å². The van der Waals surface area contributed by atoms with Crippen LogP contribution in [0.25, 0.3) is 10.9 Å². The number of aromatic nitrogens is 3. The van der Waals surface area contributed by atoms with Crippen LogP contribution in [0.4, 0.5) is 0 Å². The van der Waals surface area contributed by atoms with Gasteiger partial charge in [0, 0.05) is 42.5 Å². The molecule has 0 radical (unpaired) electrons. The van der Waals surface area contributed by atoms with Gasteiger partial charge in [-0.1, -0.05) is 25.1 Å². The first kappa shape index (κ1) is 13.9. The fraction of sp³-hybridized carbons (Fsp3) is 0.353. The second-order valence-corrected chi connectivity index (χ2v) is 5.46. The van der Waals surface area contributed by atoms with Crippen molar-refractivity contribution in [3.63, 3.8) is 0 Å². The number of H-pyrrole nitrogens is 1. The van der Waals surface area contributed by atoms with E-state index in [1.807, 2.05) is 24.1 Å². The molecule has 2 aromatic heterocycles. The van der Waals surface area contributed by atoms with Gasteiger partial charge in [0.15, 0.2) is 0 Å². The van der Waals surface area contributed by atoms with E-state index in [9.17, 15) is 0 Å². The molecule has 0 atom stereocenters. The van der Waals surface area contributed by atoms with Crippen LogP contribution < -0.4 is 5.32 Å². The Hall–Kier alpha value is -2.07. The molecule has 0 saturated carbocycles. The summed E-state index contributed by atoms with van der Waals surface area (Å²) in [6, 6.07) is 6.56. The normalized spacial score (nSPS) is 11.3. The molecule has 0 saturated heterocycles. The largest absolute Gasteiger partial charge is 0.361 e. The number of aromatic amines is 1. The number of hydrogen-bond donors (Lipinski definition) is 2. The average Bonchev–Trinajstić information content (AvgIpc) is 3.10. The van der Waals surface area contributed by atoms with Crippen molar-refractivity contribution in [3.05, 3.63) is 53.5 Å². The van der Waals surface area contributed by atoms with Crippen LogP contribution in [0.1, 0.15) is 23.6 Å². The fourth-order valence-electron chi connectivity index (χ4n) is 2.80. The summed E-state index contributed by atoms with van der Waals surface area (Å²) >= 11 is 0. The first-order valence-electron chi connectivity index (χ1n) is 7.54. The third kappa shape index (κ3) is 3.00. The van der Waals surface area contributed by atoms with Crippen LogP contribution in [0.3, 0.4) is 0 Å². The Bertz CT molecular complexity index is 723. The van der Waals surface area contributed by atoms with E-state index in [2.05, 4.69) is 46.7 Å². The second kappa shape index (κ2) is 6.14. The Morgan fingerprint density at radius 2 is 2.19 bits per heavy atom. The van der Waals surface area contributed by atoms with Gasteiger partial charge < -0.3 is 10.3 Å². The minimum absolute atomic E-state index is 0.871. The summed E-state index contributed by atoms with van der Waals surface area (Å²) in [6.07, 6.45) is 8.21. The van der Waals surface area contributed by atoms with Crippen molar-refractivity contribution >= 4 is 10.9 Å². The van der Waals surface area contributed by atoms with Gasteiger partial charge in [0.2, 0.25) is 0 Å². The summed E-state index contributed by atoms with van der Waals surface area (Å²) < 4.78 is 1.84. The Kier molecular flexibility index (Phi) is 4.06. The van der Waals surface area contributed by atoms with E-state index in [1.165, 1.54) is 27.6 Å². The lowest BCUT2D eigenvalue weighted by Gasteiger charge is -2.03. The van der Waals surface area contributed by atoms with Gasteiger partial charge >= 0.3 is 0 Å². The van der Waals surface area contributed by atoms with E-state index < -0.39 is 0 Å². The SMILES string of the molecule is CCc1cccc2c(CCNCc3cnn(C)c3)c[nH]c12. The van der Waals surface area contributed by atoms with Gasteiger partial charge in [-0.15, -0.1) is 0 Å². The summed E-state index contributed by atoms with van der Waals surface area (Å²) in [5.74, 6) is 0. The number of aryl methyl sites for hydroxylation is 2. The van der Waals surface area contributed by atoms with Crippen LogP contribution in [0.5, 0.6) is 0 Å². The predicted molar refractivity (Wildman–Crippen MR) is 86.3 cm³/mol. The molecule has 4 heteroatoms. The van der Waals surface area contributed by atoms with Crippen molar-refractivity contribution in [1.82, 2.24) is 20.1 Å². The Labute approximate surface area is 125 Å². The van der Waals surface area contributed by atoms with Crippen LogP contribution in [-0.2, 0) is 26.4 Å². The van der Waals surface area contributed by atoms with Crippen molar-refractivity contribution in [1.29, 1.82) is 0 Å². The summed E-state index contributed by atoms with van der Waals surface area (Å²) in [5.41, 5.74) is 5.30. The monoisotopic (exact) mass is 282 g/mol. The highest BCUT2D eigenvalue weighted by atomic mass is 15.2. The number of para-hydroxylation sites is 1. The molecular formula is C17H22N4. The molecule has 0 bridgehead atoms. The standard InChI is InChI=1S/C17H22N4/c1-3-14-5-4-6-16-15(11-19-17(14)16)7-8-18-9-13-10-20-21(2)12-13/h4-6,10-12,18-19H,3,7-9H2,1-2H3. The number of nitrogens with zero attached hydrogens (tertiary/aromatic N) is 2. The van der Waals surface area contributed by atoms with Gasteiger partial charge in [0.25, 0.3) is 0 Å². The van der Waals surface area contributed by atoms with Crippen molar-refractivity contribution in [2.24, 2.45) is 7.05 Å². The number of hydrogen-bond acceptors (Lipinski definition) is 2. The topological polar surface area (TPSA) is 45.6 Å². The van der Waals surface area contributed by atoms with Crippen LogP contribution in [0.2, 0.25) is 0 Å². The van der Waals surface area contributed by atoms with Crippen molar-refractivity contribution in [2.45, 2.75) is 26.3 Å². The molecular weight excluding hydrogens is 260 g/mol. The zero-order chi connectivity index (χ0) is 14.7. The average molecular weight is 282 g/mol. The summed E-state index contributed by atoms with van der Waals surface area (Å²) in [6.45, 7) is 4.04. The summed E-state index contributed by atoms with van der Waals surface area (Å²) in [4.78, 5) is 3.43. The first-order chi connectivity index (χ1) is 10.3. The highest BCUT2D eigenvalue weighted by Gasteiger charge is 2.06. The van der Waals surface area contributed by atoms with E-state index in [0.29, 0.717) is 0 Å². The van der Waals surface area contributed by atoms with E-state index in [-0.39, 0.29) is 0 Å². The van der Waals surface area contributed by atoms with Gasteiger partial charge in [0.1, 0.15) is 0 Å². The molecule has 0 aliphatic carbocycles. The number of fused-ring (bicyclic) bond motifs is 1. The molecule has 0 aliphatic rings. The molecule has 0 amide bonds. The van der Waals surface area contributed by atoms with Crippen LogP contribution in [0.15, 0.2) is 36.8 Å². The molecule has 3 rings (SSSR count). The minimum atomic E-state index is 0.871. The third-order valence-corrected chi connectivity index (χ3v) is 3.93. The predicted octanol–water partition coefficient (Wildman–Crippen LogP) is 2.80. The van der Waals surface area contributed by atoms with Crippen molar-refractivity contribution in [2.75, 3.05) is 6.54 Å². The molecule has 21 heavy (non-hydrogen) atoms. The lowest BCUT2D eigenvalue weighted by atomic mass is 10.1. The second-order valence-electron chi connectivity index (χ2n) is 5.46. The Morgan fingerprint density at radius 1 is 1.29 bits per heavy atom. The first-order valence-corrected chi connectivity index (χ1v) is 7.54. The van der Waals surface area contributed by atoms with E-state index >= 15 is 0 Å². The summed E-state index contributed by atoms with van der Waals surface area (Å²) in [7, 11) is 1.95. The number of rotatable bonds is 6. The van der Waals surface area contributed by atoms with Gasteiger partial charge in [-0.25, -0.2) is 0 Å². The molecule has 0 aliphatic heterocycles. The van der Waals surface area contributed by atoms with Gasteiger partial charge in [-0.05, 0) is 30.5 Å². The van der Waals surface area contributed by atoms with E-state index in [1.54, 1.807) is 0 Å². The molecule has 0 fully saturated rings. The molecule has 2 N–H and O–H groups in total. The maximum absolute atomic E-state index is 4.18. The highest BCUT2D eigenvalue weighted by Crippen LogP contribution is 2.22. The lowest BCUT2D eigenvalue weighted by Crippen LogP contribution is -2.16. The maximum Gasteiger partial charge on any atom is 0.0534 e. The Balaban J connectivity index is 1.60. The molecule has 3 aromatic rings. The van der Waals surface area contributed by atoms with Gasteiger partial charge in [-0.3, -0.25) is 4.68 Å². The highest BCUT2D eigenvalue weighted by molar-refractivity contribution is 5.86. The molecule has 4 nitrogen and oxygen atoms in total. The Morgan fingerprint density at radius 3 is 2.95 bits per heavy atom. The van der Waals surface area contributed by atoms with Crippen LogP contribution in [-0.4, -0.2) is 21.3 Å². The van der Waals surface area contributed by atoms with E-state index in [0.717, 1.165) is 25.9 Å². The van der Waals surface area contributed by atoms with E-state index in [4.69, 9.17) is 0 Å². The maximum atomic E-state index is 4.18. The molecule has 1 aromatic carbocycles. The van der Waals surface area contributed by atoms with Crippen molar-refractivity contribution < 1.29 is 0 Å². The third-order valence-electron chi connectivity index (χ3n) is 3.93. The van der Waals surface area contributed by atoms with Gasteiger partial charge in [0.05, 0.1) is 6.20 Å². The molecule has 0 unspecified atom stereocenters.